The summed E-state index contributed by atoms with van der Waals surface area (Å²) in [5.41, 5.74) is 3.08. The molecule has 0 aliphatic carbocycles. The molecule has 0 aromatic heterocycles. The Bertz CT molecular complexity index is 415. The second-order valence-corrected chi connectivity index (χ2v) is 6.12. The van der Waals surface area contributed by atoms with Gasteiger partial charge in [-0.1, -0.05) is 37.6 Å². The van der Waals surface area contributed by atoms with E-state index in [0.717, 1.165) is 19.0 Å². The number of likely N-dealkylation sites (tertiary alicyclic amines) is 1. The second kappa shape index (κ2) is 6.06. The summed E-state index contributed by atoms with van der Waals surface area (Å²) in [6.45, 7) is 7.11. The zero-order valence-corrected chi connectivity index (χ0v) is 12.1. The second-order valence-electron chi connectivity index (χ2n) is 6.12. The molecule has 0 spiro atoms. The largest absolute Gasteiger partial charge is 0.313 e. The first-order valence-electron chi connectivity index (χ1n) is 7.91. The number of nitrogens with zero attached hydrogens (tertiary/aromatic N) is 1. The van der Waals surface area contributed by atoms with Crippen LogP contribution in [0.4, 0.5) is 0 Å². The smallest absolute Gasteiger partial charge is 0.0363 e. The van der Waals surface area contributed by atoms with Crippen molar-refractivity contribution in [2.45, 2.75) is 45.2 Å². The number of fused-ring (bicyclic) bond motifs is 1. The average Bonchev–Trinajstić information content (AvgIpc) is 2.78. The van der Waals surface area contributed by atoms with Gasteiger partial charge in [0.15, 0.2) is 0 Å². The van der Waals surface area contributed by atoms with E-state index >= 15 is 0 Å². The van der Waals surface area contributed by atoms with Crippen molar-refractivity contribution in [2.75, 3.05) is 19.6 Å². The van der Waals surface area contributed by atoms with Crippen molar-refractivity contribution in [3.8, 4) is 0 Å². The molecule has 2 unspecified atom stereocenters. The predicted molar refractivity (Wildman–Crippen MR) is 80.1 cm³/mol. The van der Waals surface area contributed by atoms with Gasteiger partial charge >= 0.3 is 0 Å². The van der Waals surface area contributed by atoms with Crippen molar-refractivity contribution >= 4 is 0 Å². The molecule has 2 heterocycles. The third kappa shape index (κ3) is 2.85. The molecule has 0 bridgehead atoms. The standard InChI is InChI=1S/C17H26N2/c1-2-5-14-9-11-19(13-14)17-8-10-18-12-15-6-3-4-7-16(15)17/h3-4,6-7,14,17-18H,2,5,8-13H2,1H3. The molecule has 2 heteroatoms. The lowest BCUT2D eigenvalue weighted by Gasteiger charge is -2.28. The normalized spacial score (nSPS) is 28.1. The van der Waals surface area contributed by atoms with Gasteiger partial charge in [-0.2, -0.15) is 0 Å². The lowest BCUT2D eigenvalue weighted by Crippen LogP contribution is -2.28. The molecule has 2 aliphatic rings. The van der Waals surface area contributed by atoms with Crippen LogP contribution < -0.4 is 5.32 Å². The Morgan fingerprint density at radius 3 is 3.05 bits per heavy atom. The van der Waals surface area contributed by atoms with Crippen molar-refractivity contribution in [1.82, 2.24) is 10.2 Å². The number of hydrogen-bond donors (Lipinski definition) is 1. The Morgan fingerprint density at radius 2 is 2.16 bits per heavy atom. The molecule has 104 valence electrons. The lowest BCUT2D eigenvalue weighted by atomic mass is 9.98. The molecule has 0 amide bonds. The number of rotatable bonds is 3. The molecule has 1 aromatic rings. The molecule has 3 rings (SSSR count). The van der Waals surface area contributed by atoms with Gasteiger partial charge in [-0.3, -0.25) is 4.90 Å². The Balaban J connectivity index is 1.77. The van der Waals surface area contributed by atoms with Crippen LogP contribution in [-0.2, 0) is 6.54 Å². The van der Waals surface area contributed by atoms with Crippen molar-refractivity contribution in [2.24, 2.45) is 5.92 Å². The van der Waals surface area contributed by atoms with Crippen LogP contribution >= 0.6 is 0 Å². The fraction of sp³-hybridized carbons (Fsp3) is 0.647. The van der Waals surface area contributed by atoms with E-state index in [0.29, 0.717) is 6.04 Å². The maximum absolute atomic E-state index is 3.57. The minimum Gasteiger partial charge on any atom is -0.313 e. The summed E-state index contributed by atoms with van der Waals surface area (Å²) in [5.74, 6) is 0.938. The topological polar surface area (TPSA) is 15.3 Å². The minimum atomic E-state index is 0.646. The molecular formula is C17H26N2. The van der Waals surface area contributed by atoms with Gasteiger partial charge in [-0.15, -0.1) is 0 Å². The molecule has 1 aromatic carbocycles. The first-order chi connectivity index (χ1) is 9.38. The van der Waals surface area contributed by atoms with Crippen LogP contribution in [0.1, 0.15) is 49.8 Å². The van der Waals surface area contributed by atoms with E-state index in [1.807, 2.05) is 0 Å². The first kappa shape index (κ1) is 13.1. The Kier molecular flexibility index (Phi) is 4.19. The van der Waals surface area contributed by atoms with Crippen molar-refractivity contribution in [3.63, 3.8) is 0 Å². The summed E-state index contributed by atoms with van der Waals surface area (Å²) >= 11 is 0. The van der Waals surface area contributed by atoms with E-state index < -0.39 is 0 Å². The molecular weight excluding hydrogens is 232 g/mol. The van der Waals surface area contributed by atoms with Gasteiger partial charge in [-0.05, 0) is 49.4 Å². The minimum absolute atomic E-state index is 0.646. The average molecular weight is 258 g/mol. The van der Waals surface area contributed by atoms with Crippen molar-refractivity contribution in [1.29, 1.82) is 0 Å². The van der Waals surface area contributed by atoms with Crippen LogP contribution in [0.25, 0.3) is 0 Å². The van der Waals surface area contributed by atoms with Crippen LogP contribution in [0.2, 0.25) is 0 Å². The molecule has 2 aliphatic heterocycles. The maximum atomic E-state index is 3.57. The van der Waals surface area contributed by atoms with Crippen LogP contribution in [0.5, 0.6) is 0 Å². The Morgan fingerprint density at radius 1 is 1.26 bits per heavy atom. The summed E-state index contributed by atoms with van der Waals surface area (Å²) in [7, 11) is 0. The summed E-state index contributed by atoms with van der Waals surface area (Å²) in [4.78, 5) is 2.74. The molecule has 2 atom stereocenters. The van der Waals surface area contributed by atoms with Gasteiger partial charge in [0.1, 0.15) is 0 Å². The molecule has 1 saturated heterocycles. The van der Waals surface area contributed by atoms with E-state index in [1.165, 1.54) is 44.3 Å². The lowest BCUT2D eigenvalue weighted by molar-refractivity contribution is 0.225. The van der Waals surface area contributed by atoms with E-state index in [9.17, 15) is 0 Å². The SMILES string of the molecule is CCCC1CCN(C2CCNCc3ccccc32)C1. The van der Waals surface area contributed by atoms with E-state index in [1.54, 1.807) is 5.56 Å². The van der Waals surface area contributed by atoms with E-state index in [2.05, 4.69) is 41.4 Å². The summed E-state index contributed by atoms with van der Waals surface area (Å²) < 4.78 is 0. The zero-order chi connectivity index (χ0) is 13.1. The van der Waals surface area contributed by atoms with Crippen LogP contribution in [0, 0.1) is 5.92 Å². The van der Waals surface area contributed by atoms with Crippen molar-refractivity contribution in [3.05, 3.63) is 35.4 Å². The third-order valence-electron chi connectivity index (χ3n) is 4.78. The fourth-order valence-corrected chi connectivity index (χ4v) is 3.81. The highest BCUT2D eigenvalue weighted by Crippen LogP contribution is 2.34. The molecule has 1 fully saturated rings. The van der Waals surface area contributed by atoms with Gasteiger partial charge < -0.3 is 5.32 Å². The molecule has 1 N–H and O–H groups in total. The highest BCUT2D eigenvalue weighted by Gasteiger charge is 2.30. The Labute approximate surface area is 117 Å². The fourth-order valence-electron chi connectivity index (χ4n) is 3.81. The van der Waals surface area contributed by atoms with E-state index in [-0.39, 0.29) is 0 Å². The van der Waals surface area contributed by atoms with Crippen LogP contribution in [0.15, 0.2) is 24.3 Å². The monoisotopic (exact) mass is 258 g/mol. The summed E-state index contributed by atoms with van der Waals surface area (Å²) in [6, 6.07) is 9.66. The predicted octanol–water partition coefficient (Wildman–Crippen LogP) is 3.34. The van der Waals surface area contributed by atoms with Crippen molar-refractivity contribution < 1.29 is 0 Å². The van der Waals surface area contributed by atoms with Gasteiger partial charge in [0, 0.05) is 19.1 Å². The van der Waals surface area contributed by atoms with Crippen LogP contribution in [-0.4, -0.2) is 24.5 Å². The molecule has 0 radical (unpaired) electrons. The molecule has 2 nitrogen and oxygen atoms in total. The van der Waals surface area contributed by atoms with Gasteiger partial charge in [0.2, 0.25) is 0 Å². The summed E-state index contributed by atoms with van der Waals surface area (Å²) in [6.07, 6.45) is 5.40. The van der Waals surface area contributed by atoms with Gasteiger partial charge in [0.25, 0.3) is 0 Å². The van der Waals surface area contributed by atoms with Gasteiger partial charge in [0.05, 0.1) is 0 Å². The molecule has 19 heavy (non-hydrogen) atoms. The first-order valence-corrected chi connectivity index (χ1v) is 7.91. The molecule has 0 saturated carbocycles. The number of benzene rings is 1. The quantitative estimate of drug-likeness (QED) is 0.894. The van der Waals surface area contributed by atoms with Crippen LogP contribution in [0.3, 0.4) is 0 Å². The Hall–Kier alpha value is -0.860. The highest BCUT2D eigenvalue weighted by molar-refractivity contribution is 5.31. The maximum Gasteiger partial charge on any atom is 0.0363 e. The number of nitrogens with one attached hydrogen (secondary N) is 1. The highest BCUT2D eigenvalue weighted by atomic mass is 15.2. The van der Waals surface area contributed by atoms with E-state index in [4.69, 9.17) is 0 Å². The third-order valence-corrected chi connectivity index (χ3v) is 4.78. The zero-order valence-electron chi connectivity index (χ0n) is 12.1. The number of hydrogen-bond acceptors (Lipinski definition) is 2. The van der Waals surface area contributed by atoms with Gasteiger partial charge in [-0.25, -0.2) is 0 Å². The summed E-state index contributed by atoms with van der Waals surface area (Å²) in [5, 5.41) is 3.57.